The minimum atomic E-state index is -1.78. The molecule has 1 aliphatic rings. The quantitative estimate of drug-likeness (QED) is 0.420. The summed E-state index contributed by atoms with van der Waals surface area (Å²) in [7, 11) is 0. The van der Waals surface area contributed by atoms with E-state index in [0.717, 1.165) is 35.4 Å². The van der Waals surface area contributed by atoms with Gasteiger partial charge in [0.1, 0.15) is 15.8 Å². The van der Waals surface area contributed by atoms with Gasteiger partial charge in [-0.3, -0.25) is 9.20 Å². The molecule has 0 radical (unpaired) electrons. The molecule has 1 aliphatic heterocycles. The molecule has 174 valence electrons. The largest absolute Gasteiger partial charge is 0.369 e. The van der Waals surface area contributed by atoms with Crippen molar-refractivity contribution in [2.24, 2.45) is 0 Å². The minimum absolute atomic E-state index is 0.0679. The molecule has 3 heterocycles. The Bertz CT molecular complexity index is 1250. The summed E-state index contributed by atoms with van der Waals surface area (Å²) < 4.78 is 34.7. The normalized spacial score (nSPS) is 17.5. The highest BCUT2D eigenvalue weighted by Gasteiger charge is 2.28. The van der Waals surface area contributed by atoms with Crippen molar-refractivity contribution < 1.29 is 13.5 Å². The second-order valence-electron chi connectivity index (χ2n) is 8.73. The number of fused-ring (bicyclic) bond motifs is 1. The lowest BCUT2D eigenvalue weighted by atomic mass is 10.0. The lowest BCUT2D eigenvalue weighted by molar-refractivity contribution is -0.0672. The standard InChI is InChI=1S/C25H26BrF2N3O2/c1-15(30-13-11-19(14-30)33-16(2)27)17-7-9-18(10-8-17)20-6-5-12-31-23(20)29-22(25(3,4)28)21(26)24(31)32/h5-10,12,16,19H,1,11,13-14H2,2-4H3. The summed E-state index contributed by atoms with van der Waals surface area (Å²) in [5, 5.41) is 0. The van der Waals surface area contributed by atoms with Crippen LogP contribution in [0.25, 0.3) is 22.5 Å². The second-order valence-corrected chi connectivity index (χ2v) is 9.52. The SMILES string of the molecule is C=C(c1ccc(-c2cccn3c(=O)c(Br)c(C(C)(C)F)nc23)cc1)N1CCC(OC(C)F)C1. The Morgan fingerprint density at radius 1 is 1.30 bits per heavy atom. The van der Waals surface area contributed by atoms with Crippen molar-refractivity contribution in [1.82, 2.24) is 14.3 Å². The predicted molar refractivity (Wildman–Crippen MR) is 129 cm³/mol. The smallest absolute Gasteiger partial charge is 0.272 e. The van der Waals surface area contributed by atoms with Crippen molar-refractivity contribution in [3.63, 3.8) is 0 Å². The third kappa shape index (κ3) is 4.73. The van der Waals surface area contributed by atoms with E-state index < -0.39 is 12.0 Å². The second kappa shape index (κ2) is 8.99. The third-order valence-electron chi connectivity index (χ3n) is 5.80. The molecule has 4 rings (SSSR count). The Hall–Kier alpha value is -2.58. The predicted octanol–water partition coefficient (Wildman–Crippen LogP) is 5.71. The molecule has 1 saturated heterocycles. The van der Waals surface area contributed by atoms with Crippen LogP contribution in [0.5, 0.6) is 0 Å². The van der Waals surface area contributed by atoms with Crippen molar-refractivity contribution >= 4 is 27.3 Å². The van der Waals surface area contributed by atoms with E-state index in [-0.39, 0.29) is 21.8 Å². The van der Waals surface area contributed by atoms with Crippen LogP contribution in [0.3, 0.4) is 0 Å². The summed E-state index contributed by atoms with van der Waals surface area (Å²) in [6, 6.07) is 11.4. The number of benzene rings is 1. The number of hydrogen-bond donors (Lipinski definition) is 0. The zero-order valence-corrected chi connectivity index (χ0v) is 20.4. The average Bonchev–Trinajstić information content (AvgIpc) is 3.22. The molecule has 0 N–H and O–H groups in total. The molecule has 8 heteroatoms. The Labute approximate surface area is 199 Å². The molecule has 0 saturated carbocycles. The van der Waals surface area contributed by atoms with Crippen LogP contribution in [0.1, 0.15) is 38.4 Å². The van der Waals surface area contributed by atoms with E-state index in [1.54, 1.807) is 12.3 Å². The van der Waals surface area contributed by atoms with Gasteiger partial charge in [-0.25, -0.2) is 13.8 Å². The molecule has 2 aromatic heterocycles. The van der Waals surface area contributed by atoms with Gasteiger partial charge in [-0.05, 0) is 66.4 Å². The lowest BCUT2D eigenvalue weighted by Crippen LogP contribution is -2.24. The summed E-state index contributed by atoms with van der Waals surface area (Å²) in [4.78, 5) is 19.4. The summed E-state index contributed by atoms with van der Waals surface area (Å²) in [6.45, 7) is 9.70. The minimum Gasteiger partial charge on any atom is -0.369 e. The first kappa shape index (κ1) is 23.6. The maximum absolute atomic E-state index is 14.7. The first-order valence-corrected chi connectivity index (χ1v) is 11.6. The highest BCUT2D eigenvalue weighted by molar-refractivity contribution is 9.10. The molecule has 2 unspecified atom stereocenters. The number of halogens is 3. The number of pyridine rings is 1. The van der Waals surface area contributed by atoms with Crippen LogP contribution in [0.2, 0.25) is 0 Å². The van der Waals surface area contributed by atoms with Crippen LogP contribution >= 0.6 is 15.9 Å². The molecule has 0 aliphatic carbocycles. The van der Waals surface area contributed by atoms with Crippen LogP contribution in [-0.2, 0) is 10.4 Å². The molecular weight excluding hydrogens is 492 g/mol. The molecule has 1 fully saturated rings. The molecular formula is C25H26BrF2N3O2. The van der Waals surface area contributed by atoms with Crippen molar-refractivity contribution in [3.8, 4) is 11.1 Å². The van der Waals surface area contributed by atoms with E-state index in [1.807, 2.05) is 30.3 Å². The Morgan fingerprint density at radius 2 is 2.00 bits per heavy atom. The zero-order chi connectivity index (χ0) is 23.9. The number of alkyl halides is 2. The maximum Gasteiger partial charge on any atom is 0.272 e. The van der Waals surface area contributed by atoms with Gasteiger partial charge in [0, 0.05) is 30.5 Å². The summed E-state index contributed by atoms with van der Waals surface area (Å²) >= 11 is 3.21. The Morgan fingerprint density at radius 3 is 2.64 bits per heavy atom. The van der Waals surface area contributed by atoms with Gasteiger partial charge in [0.15, 0.2) is 6.36 Å². The van der Waals surface area contributed by atoms with Crippen LogP contribution in [0.4, 0.5) is 8.78 Å². The van der Waals surface area contributed by atoms with E-state index in [2.05, 4.69) is 32.4 Å². The molecule has 5 nitrogen and oxygen atoms in total. The molecule has 33 heavy (non-hydrogen) atoms. The van der Waals surface area contributed by atoms with Gasteiger partial charge >= 0.3 is 0 Å². The Balaban J connectivity index is 1.66. The number of likely N-dealkylation sites (tertiary alicyclic amines) is 1. The van der Waals surface area contributed by atoms with Gasteiger partial charge in [0.25, 0.3) is 5.56 Å². The van der Waals surface area contributed by atoms with E-state index in [4.69, 9.17) is 4.74 Å². The van der Waals surface area contributed by atoms with Crippen molar-refractivity contribution in [2.75, 3.05) is 13.1 Å². The number of nitrogens with zero attached hydrogens (tertiary/aromatic N) is 3. The highest BCUT2D eigenvalue weighted by atomic mass is 79.9. The number of rotatable bonds is 6. The van der Waals surface area contributed by atoms with E-state index in [0.29, 0.717) is 12.2 Å². The number of ether oxygens (including phenoxy) is 1. The lowest BCUT2D eigenvalue weighted by Gasteiger charge is -2.22. The summed E-state index contributed by atoms with van der Waals surface area (Å²) in [5.41, 5.74) is 1.66. The topological polar surface area (TPSA) is 46.8 Å². The van der Waals surface area contributed by atoms with Gasteiger partial charge in [-0.15, -0.1) is 0 Å². The van der Waals surface area contributed by atoms with E-state index >= 15 is 0 Å². The first-order valence-electron chi connectivity index (χ1n) is 10.8. The number of hydrogen-bond acceptors (Lipinski definition) is 4. The van der Waals surface area contributed by atoms with Crippen molar-refractivity contribution in [3.05, 3.63) is 75.3 Å². The Kier molecular flexibility index (Phi) is 6.42. The van der Waals surface area contributed by atoms with Crippen LogP contribution < -0.4 is 5.56 Å². The fourth-order valence-electron chi connectivity index (χ4n) is 4.13. The van der Waals surface area contributed by atoms with Crippen LogP contribution in [0, 0.1) is 0 Å². The van der Waals surface area contributed by atoms with Crippen LogP contribution in [0.15, 0.2) is 58.4 Å². The maximum atomic E-state index is 14.7. The summed E-state index contributed by atoms with van der Waals surface area (Å²) in [6.07, 6.45) is 0.946. The van der Waals surface area contributed by atoms with Gasteiger partial charge in [0.05, 0.1) is 11.8 Å². The molecule has 0 bridgehead atoms. The van der Waals surface area contributed by atoms with Crippen molar-refractivity contribution in [1.29, 1.82) is 0 Å². The van der Waals surface area contributed by atoms with Crippen molar-refractivity contribution in [2.45, 2.75) is 45.3 Å². The van der Waals surface area contributed by atoms with Gasteiger partial charge in [0.2, 0.25) is 0 Å². The van der Waals surface area contributed by atoms with Gasteiger partial charge in [-0.1, -0.05) is 30.8 Å². The summed E-state index contributed by atoms with van der Waals surface area (Å²) in [5.74, 6) is 0. The van der Waals surface area contributed by atoms with E-state index in [1.165, 1.54) is 25.2 Å². The monoisotopic (exact) mass is 517 g/mol. The van der Waals surface area contributed by atoms with Crippen LogP contribution in [-0.4, -0.2) is 39.8 Å². The third-order valence-corrected chi connectivity index (χ3v) is 6.51. The fraction of sp³-hybridized carbons (Fsp3) is 0.360. The molecule has 0 spiro atoms. The molecule has 1 aromatic carbocycles. The average molecular weight is 518 g/mol. The molecule has 3 aromatic rings. The van der Waals surface area contributed by atoms with Gasteiger partial charge in [-0.2, -0.15) is 0 Å². The highest BCUT2D eigenvalue weighted by Crippen LogP contribution is 2.31. The zero-order valence-electron chi connectivity index (χ0n) is 18.8. The molecule has 2 atom stereocenters. The fourth-order valence-corrected chi connectivity index (χ4v) is 4.88. The van der Waals surface area contributed by atoms with Gasteiger partial charge < -0.3 is 9.64 Å². The first-order chi connectivity index (χ1) is 15.6. The van der Waals surface area contributed by atoms with E-state index in [9.17, 15) is 13.6 Å². The molecule has 0 amide bonds. The number of aromatic nitrogens is 2.